The van der Waals surface area contributed by atoms with Gasteiger partial charge in [0.1, 0.15) is 23.2 Å². The van der Waals surface area contributed by atoms with Gasteiger partial charge in [-0.2, -0.15) is 0 Å². The van der Waals surface area contributed by atoms with Crippen LogP contribution in [0.5, 0.6) is 0 Å². The minimum absolute atomic E-state index is 0.0171. The summed E-state index contributed by atoms with van der Waals surface area (Å²) in [5, 5.41) is 2.93. The summed E-state index contributed by atoms with van der Waals surface area (Å²) in [5.74, 6) is -0.855. The summed E-state index contributed by atoms with van der Waals surface area (Å²) in [5.41, 5.74) is 3.11. The average Bonchev–Trinajstić information content (AvgIpc) is 3.55. The number of anilines is 1. The highest BCUT2D eigenvalue weighted by molar-refractivity contribution is 6.41. The van der Waals surface area contributed by atoms with Crippen LogP contribution in [0.1, 0.15) is 47.6 Å². The minimum atomic E-state index is -1.19. The molecule has 6 nitrogen and oxygen atoms in total. The number of hydrogen-bond donors (Lipinski definition) is 1. The van der Waals surface area contributed by atoms with Crippen LogP contribution >= 0.6 is 0 Å². The molecule has 7 rings (SSSR count). The van der Waals surface area contributed by atoms with Crippen molar-refractivity contribution in [2.75, 3.05) is 11.9 Å². The molecule has 1 N–H and O–H groups in total. The smallest absolute Gasteiger partial charge is 0.270 e. The van der Waals surface area contributed by atoms with Crippen molar-refractivity contribution in [3.05, 3.63) is 100 Å². The van der Waals surface area contributed by atoms with Gasteiger partial charge in [0, 0.05) is 35.9 Å². The van der Waals surface area contributed by atoms with E-state index in [0.29, 0.717) is 29.9 Å². The van der Waals surface area contributed by atoms with Gasteiger partial charge in [0.05, 0.1) is 5.41 Å². The van der Waals surface area contributed by atoms with Crippen LogP contribution in [0, 0.1) is 17.6 Å². The maximum Gasteiger partial charge on any atom is 0.270 e. The molecule has 0 radical (unpaired) electrons. The lowest BCUT2D eigenvalue weighted by atomic mass is 9.79. The standard InChI is InChI=1S/C31H26F2N4O2/c1-30(22-13-23(32)15-24(33)14-22)36-26(19-8-9-19)28(38)37(30)11-3-4-18-6-7-20-16-31(17-21(20)12-18)25-5-2-10-34-27(25)35-29(31)39/h2-7,10,12-15,19H,8-9,11,16-17H2,1H3,(H,34,35,39). The maximum absolute atomic E-state index is 14.1. The lowest BCUT2D eigenvalue weighted by Crippen LogP contribution is -2.43. The number of nitrogens with one attached hydrogen (secondary N) is 1. The van der Waals surface area contributed by atoms with E-state index in [2.05, 4.69) is 22.4 Å². The third kappa shape index (κ3) is 3.72. The second-order valence-electron chi connectivity index (χ2n) is 11.1. The summed E-state index contributed by atoms with van der Waals surface area (Å²) in [4.78, 5) is 37.0. The number of hydrogen-bond acceptors (Lipinski definition) is 4. The highest BCUT2D eigenvalue weighted by Gasteiger charge is 2.51. The van der Waals surface area contributed by atoms with Crippen molar-refractivity contribution >= 4 is 29.4 Å². The van der Waals surface area contributed by atoms with Crippen LogP contribution in [0.3, 0.4) is 0 Å². The second kappa shape index (κ2) is 8.40. The number of aliphatic imine (C=N–C) groups is 1. The number of rotatable bonds is 5. The Hall–Kier alpha value is -4.20. The summed E-state index contributed by atoms with van der Waals surface area (Å²) in [6, 6.07) is 13.3. The van der Waals surface area contributed by atoms with Crippen molar-refractivity contribution < 1.29 is 18.4 Å². The highest BCUT2D eigenvalue weighted by Crippen LogP contribution is 2.47. The van der Waals surface area contributed by atoms with E-state index in [4.69, 9.17) is 4.99 Å². The van der Waals surface area contributed by atoms with Crippen LogP contribution in [-0.4, -0.2) is 34.0 Å². The van der Waals surface area contributed by atoms with Gasteiger partial charge in [0.15, 0.2) is 5.66 Å². The quantitative estimate of drug-likeness (QED) is 0.515. The molecule has 1 aromatic heterocycles. The molecule has 2 amide bonds. The Morgan fingerprint density at radius 3 is 2.59 bits per heavy atom. The molecule has 2 aliphatic heterocycles. The number of carbonyl (C=O) groups is 2. The van der Waals surface area contributed by atoms with Crippen LogP contribution < -0.4 is 5.32 Å². The number of aromatic nitrogens is 1. The summed E-state index contributed by atoms with van der Waals surface area (Å²) >= 11 is 0. The molecule has 1 fully saturated rings. The normalized spacial score (nSPS) is 25.4. The number of benzene rings is 2. The molecule has 0 bridgehead atoms. The van der Waals surface area contributed by atoms with E-state index in [1.165, 1.54) is 12.1 Å². The molecule has 8 heteroatoms. The van der Waals surface area contributed by atoms with Gasteiger partial charge in [-0.15, -0.1) is 0 Å². The number of halogens is 2. The zero-order chi connectivity index (χ0) is 26.9. The number of pyridine rings is 1. The topological polar surface area (TPSA) is 74.7 Å². The van der Waals surface area contributed by atoms with Gasteiger partial charge < -0.3 is 10.2 Å². The lowest BCUT2D eigenvalue weighted by Gasteiger charge is -2.33. The third-order valence-corrected chi connectivity index (χ3v) is 8.50. The van der Waals surface area contributed by atoms with Crippen molar-refractivity contribution in [3.8, 4) is 0 Å². The Bertz CT molecular complexity index is 1610. The number of carbonyl (C=O) groups excluding carboxylic acids is 2. The minimum Gasteiger partial charge on any atom is -0.310 e. The van der Waals surface area contributed by atoms with Gasteiger partial charge in [0.2, 0.25) is 5.91 Å². The van der Waals surface area contributed by atoms with E-state index in [-0.39, 0.29) is 24.3 Å². The van der Waals surface area contributed by atoms with Crippen LogP contribution in [0.15, 0.2) is 65.8 Å². The molecular formula is C31H26F2N4O2. The molecule has 0 saturated heterocycles. The zero-order valence-electron chi connectivity index (χ0n) is 21.4. The van der Waals surface area contributed by atoms with Crippen molar-refractivity contribution in [3.63, 3.8) is 0 Å². The van der Waals surface area contributed by atoms with E-state index in [1.807, 2.05) is 30.4 Å². The van der Waals surface area contributed by atoms with Gasteiger partial charge in [-0.3, -0.25) is 14.6 Å². The molecule has 3 aromatic rings. The molecule has 2 atom stereocenters. The lowest BCUT2D eigenvalue weighted by molar-refractivity contribution is -0.127. The summed E-state index contributed by atoms with van der Waals surface area (Å²) in [7, 11) is 0. The van der Waals surface area contributed by atoms with Crippen molar-refractivity contribution in [1.82, 2.24) is 9.88 Å². The molecule has 196 valence electrons. The first-order valence-electron chi connectivity index (χ1n) is 13.2. The van der Waals surface area contributed by atoms with Gasteiger partial charge in [-0.05, 0) is 67.5 Å². The average molecular weight is 525 g/mol. The molecule has 3 heterocycles. The van der Waals surface area contributed by atoms with Gasteiger partial charge in [-0.1, -0.05) is 36.4 Å². The molecule has 39 heavy (non-hydrogen) atoms. The Labute approximate surface area is 224 Å². The number of amides is 2. The highest BCUT2D eigenvalue weighted by atomic mass is 19.1. The Morgan fingerprint density at radius 1 is 1.05 bits per heavy atom. The SMILES string of the molecule is CC1(c2cc(F)cc(F)c2)N=C(C2CC2)C(=O)N1CC=Cc1ccc2c(c1)CC1(C2)C(=O)Nc2ncccc21. The summed E-state index contributed by atoms with van der Waals surface area (Å²) < 4.78 is 28.2. The first-order chi connectivity index (χ1) is 18.8. The zero-order valence-corrected chi connectivity index (χ0v) is 21.4. The summed E-state index contributed by atoms with van der Waals surface area (Å²) in [6.07, 6.45) is 8.52. The van der Waals surface area contributed by atoms with Crippen molar-refractivity contribution in [1.29, 1.82) is 0 Å². The Morgan fingerprint density at radius 2 is 1.82 bits per heavy atom. The first kappa shape index (κ1) is 23.9. The van der Waals surface area contributed by atoms with E-state index in [9.17, 15) is 18.4 Å². The third-order valence-electron chi connectivity index (χ3n) is 8.50. The molecule has 2 unspecified atom stereocenters. The molecule has 2 aromatic carbocycles. The van der Waals surface area contributed by atoms with Crippen molar-refractivity contribution in [2.45, 2.75) is 43.7 Å². The summed E-state index contributed by atoms with van der Waals surface area (Å²) in [6.45, 7) is 1.96. The van der Waals surface area contributed by atoms with Gasteiger partial charge in [0.25, 0.3) is 5.91 Å². The van der Waals surface area contributed by atoms with Gasteiger partial charge in [-0.25, -0.2) is 13.8 Å². The predicted octanol–water partition coefficient (Wildman–Crippen LogP) is 4.93. The van der Waals surface area contributed by atoms with Crippen molar-refractivity contribution in [2.24, 2.45) is 10.9 Å². The first-order valence-corrected chi connectivity index (χ1v) is 13.2. The van der Waals surface area contributed by atoms with Gasteiger partial charge >= 0.3 is 0 Å². The van der Waals surface area contributed by atoms with Crippen LogP contribution in [0.25, 0.3) is 6.08 Å². The molecule has 1 saturated carbocycles. The van der Waals surface area contributed by atoms with E-state index >= 15 is 0 Å². The number of fused-ring (bicyclic) bond motifs is 3. The Kier molecular flexibility index (Phi) is 5.14. The molecule has 2 aliphatic carbocycles. The fourth-order valence-corrected chi connectivity index (χ4v) is 6.29. The van der Waals surface area contributed by atoms with E-state index in [0.717, 1.165) is 41.2 Å². The number of nitrogens with zero attached hydrogens (tertiary/aromatic N) is 3. The largest absolute Gasteiger partial charge is 0.310 e. The second-order valence-corrected chi connectivity index (χ2v) is 11.1. The van der Waals surface area contributed by atoms with Crippen LogP contribution in [0.2, 0.25) is 0 Å². The van der Waals surface area contributed by atoms with E-state index < -0.39 is 22.7 Å². The van der Waals surface area contributed by atoms with Crippen LogP contribution in [-0.2, 0) is 33.5 Å². The fourth-order valence-electron chi connectivity index (χ4n) is 6.29. The predicted molar refractivity (Wildman–Crippen MR) is 143 cm³/mol. The molecular weight excluding hydrogens is 498 g/mol. The van der Waals surface area contributed by atoms with Crippen LogP contribution in [0.4, 0.5) is 14.6 Å². The van der Waals surface area contributed by atoms with E-state index in [1.54, 1.807) is 18.0 Å². The Balaban J connectivity index is 1.14. The molecule has 4 aliphatic rings. The molecule has 1 spiro atoms. The monoisotopic (exact) mass is 524 g/mol. The maximum atomic E-state index is 14.1. The fraction of sp³-hybridized carbons (Fsp3) is 0.290.